The molecule has 0 spiro atoms. The van der Waals surface area contributed by atoms with Crippen molar-refractivity contribution in [2.75, 3.05) is 13.1 Å². The summed E-state index contributed by atoms with van der Waals surface area (Å²) in [5.41, 5.74) is 0.941. The molecule has 0 saturated heterocycles. The second-order valence-electron chi connectivity index (χ2n) is 5.10. The average Bonchev–Trinajstić information content (AvgIpc) is 2.38. The second-order valence-corrected chi connectivity index (χ2v) is 5.10. The fourth-order valence-corrected chi connectivity index (χ4v) is 1.59. The summed E-state index contributed by atoms with van der Waals surface area (Å²) in [6.45, 7) is 4.98. The summed E-state index contributed by atoms with van der Waals surface area (Å²) in [7, 11) is 0. The maximum Gasteiger partial charge on any atom is 0.229 e. The van der Waals surface area contributed by atoms with E-state index in [0.29, 0.717) is 25.4 Å². The molecule has 5 heteroatoms. The third kappa shape index (κ3) is 6.87. The summed E-state index contributed by atoms with van der Waals surface area (Å²) in [6, 6.07) is 6.13. The van der Waals surface area contributed by atoms with Crippen molar-refractivity contribution in [1.82, 2.24) is 10.6 Å². The molecule has 0 fully saturated rings. The van der Waals surface area contributed by atoms with E-state index in [1.165, 1.54) is 12.1 Å². The van der Waals surface area contributed by atoms with E-state index < -0.39 is 0 Å². The number of benzene rings is 1. The fraction of sp³-hybridized carbons (Fsp3) is 0.467. The van der Waals surface area contributed by atoms with Gasteiger partial charge in [-0.05, 0) is 30.0 Å². The Hall–Kier alpha value is -1.91. The van der Waals surface area contributed by atoms with Crippen molar-refractivity contribution in [3.05, 3.63) is 35.6 Å². The molecule has 2 amide bonds. The number of hydrogen-bond donors (Lipinski definition) is 2. The molecule has 1 aromatic rings. The smallest absolute Gasteiger partial charge is 0.229 e. The Labute approximate surface area is 118 Å². The third-order valence-electron chi connectivity index (χ3n) is 2.68. The lowest BCUT2D eigenvalue weighted by Gasteiger charge is -2.08. The highest BCUT2D eigenvalue weighted by molar-refractivity contribution is 5.96. The molecule has 0 unspecified atom stereocenters. The number of carbonyl (C=O) groups excluding carboxylic acids is 2. The van der Waals surface area contributed by atoms with Crippen LogP contribution >= 0.6 is 0 Å². The zero-order valence-corrected chi connectivity index (χ0v) is 11.9. The van der Waals surface area contributed by atoms with Gasteiger partial charge < -0.3 is 10.6 Å². The summed E-state index contributed by atoms with van der Waals surface area (Å²) >= 11 is 0. The summed E-state index contributed by atoms with van der Waals surface area (Å²) in [4.78, 5) is 22.9. The molecule has 0 aromatic heterocycles. The first-order valence-corrected chi connectivity index (χ1v) is 6.75. The van der Waals surface area contributed by atoms with Crippen LogP contribution in [0.2, 0.25) is 0 Å². The first-order chi connectivity index (χ1) is 9.47. The van der Waals surface area contributed by atoms with Crippen LogP contribution in [0.1, 0.15) is 25.8 Å². The molecule has 0 aliphatic carbocycles. The summed E-state index contributed by atoms with van der Waals surface area (Å²) in [5, 5.41) is 5.36. The van der Waals surface area contributed by atoms with Crippen LogP contribution in [0.15, 0.2) is 24.3 Å². The SMILES string of the molecule is CC(C)CNC(=O)CC(=O)NCCc1ccc(F)cc1. The zero-order chi connectivity index (χ0) is 15.0. The lowest BCUT2D eigenvalue weighted by Crippen LogP contribution is -2.34. The highest BCUT2D eigenvalue weighted by atomic mass is 19.1. The molecule has 1 aromatic carbocycles. The van der Waals surface area contributed by atoms with E-state index in [-0.39, 0.29) is 24.1 Å². The Balaban J connectivity index is 2.19. The van der Waals surface area contributed by atoms with Crippen molar-refractivity contribution < 1.29 is 14.0 Å². The molecule has 0 saturated carbocycles. The average molecular weight is 280 g/mol. The van der Waals surface area contributed by atoms with Gasteiger partial charge >= 0.3 is 0 Å². The molecule has 4 nitrogen and oxygen atoms in total. The molecule has 0 bridgehead atoms. The number of halogens is 1. The van der Waals surface area contributed by atoms with E-state index >= 15 is 0 Å². The van der Waals surface area contributed by atoms with Crippen molar-refractivity contribution >= 4 is 11.8 Å². The van der Waals surface area contributed by atoms with Gasteiger partial charge in [0, 0.05) is 13.1 Å². The van der Waals surface area contributed by atoms with E-state index in [0.717, 1.165) is 5.56 Å². The molecule has 2 N–H and O–H groups in total. The second kappa shape index (κ2) is 8.30. The molecule has 0 heterocycles. The van der Waals surface area contributed by atoms with Crippen LogP contribution in [-0.4, -0.2) is 24.9 Å². The highest BCUT2D eigenvalue weighted by Gasteiger charge is 2.08. The predicted octanol–water partition coefficient (Wildman–Crippen LogP) is 1.65. The van der Waals surface area contributed by atoms with Gasteiger partial charge in [0.25, 0.3) is 0 Å². The van der Waals surface area contributed by atoms with Crippen molar-refractivity contribution in [3.8, 4) is 0 Å². The van der Waals surface area contributed by atoms with Gasteiger partial charge in [0.1, 0.15) is 12.2 Å². The Morgan fingerprint density at radius 1 is 1.10 bits per heavy atom. The number of rotatable bonds is 7. The van der Waals surface area contributed by atoms with Gasteiger partial charge in [-0.25, -0.2) is 4.39 Å². The van der Waals surface area contributed by atoms with Crippen LogP contribution in [0.4, 0.5) is 4.39 Å². The van der Waals surface area contributed by atoms with E-state index in [9.17, 15) is 14.0 Å². The minimum absolute atomic E-state index is 0.157. The standard InChI is InChI=1S/C15H21FN2O2/c1-11(2)10-18-15(20)9-14(19)17-8-7-12-3-5-13(16)6-4-12/h3-6,11H,7-10H2,1-2H3,(H,17,19)(H,18,20). The molecular weight excluding hydrogens is 259 g/mol. The maximum atomic E-state index is 12.7. The number of hydrogen-bond acceptors (Lipinski definition) is 2. The first kappa shape index (κ1) is 16.1. The Bertz CT molecular complexity index is 444. The minimum Gasteiger partial charge on any atom is -0.355 e. The van der Waals surface area contributed by atoms with Crippen molar-refractivity contribution in [3.63, 3.8) is 0 Å². The summed E-state index contributed by atoms with van der Waals surface area (Å²) in [5.74, 6) is -0.480. The Morgan fingerprint density at radius 3 is 2.30 bits per heavy atom. The van der Waals surface area contributed by atoms with Crippen LogP contribution < -0.4 is 10.6 Å². The fourth-order valence-electron chi connectivity index (χ4n) is 1.59. The van der Waals surface area contributed by atoms with Gasteiger partial charge in [0.15, 0.2) is 0 Å². The number of nitrogens with one attached hydrogen (secondary N) is 2. The Kier molecular flexibility index (Phi) is 6.70. The van der Waals surface area contributed by atoms with Gasteiger partial charge in [-0.1, -0.05) is 26.0 Å². The normalized spacial score (nSPS) is 10.4. The maximum absolute atomic E-state index is 12.7. The van der Waals surface area contributed by atoms with Crippen LogP contribution in [0.25, 0.3) is 0 Å². The van der Waals surface area contributed by atoms with E-state index in [2.05, 4.69) is 10.6 Å². The van der Waals surface area contributed by atoms with E-state index in [1.807, 2.05) is 13.8 Å². The van der Waals surface area contributed by atoms with E-state index in [1.54, 1.807) is 12.1 Å². The molecule has 0 aliphatic rings. The number of carbonyl (C=O) groups is 2. The van der Waals surface area contributed by atoms with Crippen LogP contribution in [-0.2, 0) is 16.0 Å². The molecule has 0 radical (unpaired) electrons. The highest BCUT2D eigenvalue weighted by Crippen LogP contribution is 2.02. The van der Waals surface area contributed by atoms with Crippen molar-refractivity contribution in [1.29, 1.82) is 0 Å². The van der Waals surface area contributed by atoms with Crippen LogP contribution in [0, 0.1) is 11.7 Å². The quantitative estimate of drug-likeness (QED) is 0.746. The molecular formula is C15H21FN2O2. The monoisotopic (exact) mass is 280 g/mol. The largest absolute Gasteiger partial charge is 0.355 e. The van der Waals surface area contributed by atoms with Crippen molar-refractivity contribution in [2.24, 2.45) is 5.92 Å². The van der Waals surface area contributed by atoms with Gasteiger partial charge in [0.2, 0.25) is 11.8 Å². The molecule has 20 heavy (non-hydrogen) atoms. The Morgan fingerprint density at radius 2 is 1.70 bits per heavy atom. The predicted molar refractivity (Wildman–Crippen MR) is 75.6 cm³/mol. The van der Waals surface area contributed by atoms with Crippen LogP contribution in [0.5, 0.6) is 0 Å². The molecule has 0 aliphatic heterocycles. The topological polar surface area (TPSA) is 58.2 Å². The molecule has 110 valence electrons. The number of amides is 2. The van der Waals surface area contributed by atoms with E-state index in [4.69, 9.17) is 0 Å². The van der Waals surface area contributed by atoms with Gasteiger partial charge in [-0.3, -0.25) is 9.59 Å². The molecule has 0 atom stereocenters. The van der Waals surface area contributed by atoms with Gasteiger partial charge in [-0.15, -0.1) is 0 Å². The first-order valence-electron chi connectivity index (χ1n) is 6.75. The third-order valence-corrected chi connectivity index (χ3v) is 2.68. The summed E-state index contributed by atoms with van der Waals surface area (Å²) < 4.78 is 12.7. The van der Waals surface area contributed by atoms with Gasteiger partial charge in [-0.2, -0.15) is 0 Å². The lowest BCUT2D eigenvalue weighted by molar-refractivity contribution is -0.129. The van der Waals surface area contributed by atoms with Crippen molar-refractivity contribution in [2.45, 2.75) is 26.7 Å². The lowest BCUT2D eigenvalue weighted by atomic mass is 10.1. The molecule has 1 rings (SSSR count). The van der Waals surface area contributed by atoms with Gasteiger partial charge in [0.05, 0.1) is 0 Å². The summed E-state index contributed by atoms with van der Waals surface area (Å²) in [6.07, 6.45) is 0.454. The zero-order valence-electron chi connectivity index (χ0n) is 11.9. The van der Waals surface area contributed by atoms with Crippen LogP contribution in [0.3, 0.4) is 0 Å². The minimum atomic E-state index is -0.298.